The van der Waals surface area contributed by atoms with Gasteiger partial charge in [0, 0.05) is 20.1 Å². The quantitative estimate of drug-likeness (QED) is 0.665. The molecule has 1 N–H and O–H groups in total. The van der Waals surface area contributed by atoms with E-state index in [9.17, 15) is 10.1 Å². The fraction of sp³-hybridized carbons (Fsp3) is 0.667. The Kier molecular flexibility index (Phi) is 4.98. The molecule has 0 spiro atoms. The molecule has 0 aromatic carbocycles. The lowest BCUT2D eigenvalue weighted by atomic mass is 9.84. The van der Waals surface area contributed by atoms with Gasteiger partial charge in [-0.3, -0.25) is 10.1 Å². The summed E-state index contributed by atoms with van der Waals surface area (Å²) in [7, 11) is 3.71. The van der Waals surface area contributed by atoms with Gasteiger partial charge < -0.3 is 10.2 Å². The summed E-state index contributed by atoms with van der Waals surface area (Å²) in [5.74, 6) is 2.04. The van der Waals surface area contributed by atoms with Gasteiger partial charge in [0.25, 0.3) is 5.69 Å². The third-order valence-corrected chi connectivity index (χ3v) is 4.57. The highest BCUT2D eigenvalue weighted by molar-refractivity contribution is 5.55. The molecule has 0 saturated heterocycles. The number of hydrogen-bond acceptors (Lipinski definition) is 5. The van der Waals surface area contributed by atoms with E-state index in [0.29, 0.717) is 17.7 Å². The molecule has 0 aliphatic heterocycles. The Labute approximate surface area is 125 Å². The zero-order valence-electron chi connectivity index (χ0n) is 13.0. The molecular weight excluding hydrogens is 268 g/mol. The van der Waals surface area contributed by atoms with Crippen LogP contribution in [0, 0.1) is 16.0 Å². The third-order valence-electron chi connectivity index (χ3n) is 4.57. The van der Waals surface area contributed by atoms with E-state index < -0.39 is 0 Å². The van der Waals surface area contributed by atoms with Crippen molar-refractivity contribution in [3.05, 3.63) is 22.2 Å². The van der Waals surface area contributed by atoms with Crippen molar-refractivity contribution < 1.29 is 4.92 Å². The summed E-state index contributed by atoms with van der Waals surface area (Å²) in [6.45, 7) is 2.25. The predicted octanol–water partition coefficient (Wildman–Crippen LogP) is 3.44. The van der Waals surface area contributed by atoms with E-state index in [2.05, 4.69) is 22.1 Å². The van der Waals surface area contributed by atoms with E-state index in [-0.39, 0.29) is 10.6 Å². The highest BCUT2D eigenvalue weighted by Gasteiger charge is 2.25. The topological polar surface area (TPSA) is 71.3 Å². The van der Waals surface area contributed by atoms with Crippen molar-refractivity contribution in [3.63, 3.8) is 0 Å². The van der Waals surface area contributed by atoms with Crippen molar-refractivity contribution >= 4 is 17.3 Å². The monoisotopic (exact) mass is 292 g/mol. The normalized spacial score (nSPS) is 21.9. The molecule has 6 nitrogen and oxygen atoms in total. The van der Waals surface area contributed by atoms with Crippen molar-refractivity contribution in [1.29, 1.82) is 0 Å². The maximum absolute atomic E-state index is 11.0. The zero-order valence-corrected chi connectivity index (χ0v) is 13.0. The standard InChI is InChI=1S/C15H24N4O2/c1-4-11-5-7-12(8-6-11)18(3)15-10-13(19(20)21)9-14(16-2)17-15/h9-12H,4-8H2,1-3H3,(H,16,17). The summed E-state index contributed by atoms with van der Waals surface area (Å²) in [6.07, 6.45) is 5.98. The largest absolute Gasteiger partial charge is 0.373 e. The maximum atomic E-state index is 11.0. The number of nitro groups is 1. The molecule has 0 amide bonds. The summed E-state index contributed by atoms with van der Waals surface area (Å²) >= 11 is 0. The van der Waals surface area contributed by atoms with Crippen LogP contribution < -0.4 is 10.2 Å². The number of nitrogens with one attached hydrogen (secondary N) is 1. The smallest absolute Gasteiger partial charge is 0.276 e. The Bertz CT molecular complexity index is 498. The molecule has 116 valence electrons. The van der Waals surface area contributed by atoms with Gasteiger partial charge >= 0.3 is 0 Å². The second-order valence-electron chi connectivity index (χ2n) is 5.77. The molecule has 1 aromatic heterocycles. The number of hydrogen-bond donors (Lipinski definition) is 1. The van der Waals surface area contributed by atoms with E-state index in [1.165, 1.54) is 25.3 Å². The molecule has 1 aromatic rings. The molecule has 0 bridgehead atoms. The minimum atomic E-state index is -0.367. The first-order valence-corrected chi connectivity index (χ1v) is 7.62. The van der Waals surface area contributed by atoms with Gasteiger partial charge in [-0.1, -0.05) is 13.3 Å². The lowest BCUT2D eigenvalue weighted by Gasteiger charge is -2.35. The van der Waals surface area contributed by atoms with Crippen molar-refractivity contribution in [2.75, 3.05) is 24.3 Å². The number of pyridine rings is 1. The van der Waals surface area contributed by atoms with Crippen LogP contribution in [0.4, 0.5) is 17.3 Å². The average Bonchev–Trinajstić information content (AvgIpc) is 2.53. The van der Waals surface area contributed by atoms with Gasteiger partial charge in [-0.15, -0.1) is 0 Å². The molecule has 6 heteroatoms. The molecule has 0 unspecified atom stereocenters. The van der Waals surface area contributed by atoms with Crippen LogP contribution in [0.5, 0.6) is 0 Å². The zero-order chi connectivity index (χ0) is 15.4. The van der Waals surface area contributed by atoms with Gasteiger partial charge in [0.15, 0.2) is 0 Å². The van der Waals surface area contributed by atoms with Gasteiger partial charge in [0.05, 0.1) is 17.1 Å². The Balaban J connectivity index is 2.16. The van der Waals surface area contributed by atoms with Crippen molar-refractivity contribution in [2.24, 2.45) is 5.92 Å². The highest BCUT2D eigenvalue weighted by atomic mass is 16.6. The van der Waals surface area contributed by atoms with Gasteiger partial charge in [0.1, 0.15) is 11.6 Å². The van der Waals surface area contributed by atoms with Crippen molar-refractivity contribution in [1.82, 2.24) is 4.98 Å². The first-order valence-electron chi connectivity index (χ1n) is 7.62. The molecule has 1 heterocycles. The summed E-state index contributed by atoms with van der Waals surface area (Å²) < 4.78 is 0. The molecule has 0 atom stereocenters. The molecule has 21 heavy (non-hydrogen) atoms. The number of anilines is 2. The molecule has 1 aliphatic carbocycles. The summed E-state index contributed by atoms with van der Waals surface area (Å²) in [5.41, 5.74) is 0.0819. The van der Waals surface area contributed by atoms with Crippen LogP contribution >= 0.6 is 0 Å². The first-order chi connectivity index (χ1) is 10.0. The van der Waals surface area contributed by atoms with Crippen molar-refractivity contribution in [2.45, 2.75) is 45.1 Å². The lowest BCUT2D eigenvalue weighted by Crippen LogP contribution is -2.35. The van der Waals surface area contributed by atoms with Crippen LogP contribution in [0.25, 0.3) is 0 Å². The minimum absolute atomic E-state index is 0.0819. The van der Waals surface area contributed by atoms with Crippen LogP contribution in [-0.4, -0.2) is 30.0 Å². The first kappa shape index (κ1) is 15.5. The van der Waals surface area contributed by atoms with Crippen LogP contribution in [0.2, 0.25) is 0 Å². The number of rotatable bonds is 5. The predicted molar refractivity (Wildman–Crippen MR) is 84.9 cm³/mol. The van der Waals surface area contributed by atoms with Crippen molar-refractivity contribution in [3.8, 4) is 0 Å². The van der Waals surface area contributed by atoms with Crippen LogP contribution in [0.15, 0.2) is 12.1 Å². The van der Waals surface area contributed by atoms with E-state index in [1.807, 2.05) is 7.05 Å². The van der Waals surface area contributed by atoms with E-state index >= 15 is 0 Å². The number of nitrogens with zero attached hydrogens (tertiary/aromatic N) is 3. The fourth-order valence-corrected chi connectivity index (χ4v) is 3.04. The Morgan fingerprint density at radius 2 is 2.05 bits per heavy atom. The van der Waals surface area contributed by atoms with Crippen LogP contribution in [-0.2, 0) is 0 Å². The van der Waals surface area contributed by atoms with E-state index in [1.54, 1.807) is 13.1 Å². The Morgan fingerprint density at radius 1 is 1.38 bits per heavy atom. The highest BCUT2D eigenvalue weighted by Crippen LogP contribution is 2.32. The van der Waals surface area contributed by atoms with Gasteiger partial charge in [-0.2, -0.15) is 0 Å². The minimum Gasteiger partial charge on any atom is -0.373 e. The lowest BCUT2D eigenvalue weighted by molar-refractivity contribution is -0.384. The molecule has 1 aliphatic rings. The summed E-state index contributed by atoms with van der Waals surface area (Å²) in [6, 6.07) is 3.45. The second kappa shape index (κ2) is 6.74. The van der Waals surface area contributed by atoms with Crippen LogP contribution in [0.3, 0.4) is 0 Å². The molecular formula is C15H24N4O2. The molecule has 1 saturated carbocycles. The van der Waals surface area contributed by atoms with Gasteiger partial charge in [-0.05, 0) is 31.6 Å². The number of aromatic nitrogens is 1. The second-order valence-corrected chi connectivity index (χ2v) is 5.77. The Hall–Kier alpha value is -1.85. The molecule has 0 radical (unpaired) electrons. The summed E-state index contributed by atoms with van der Waals surface area (Å²) in [4.78, 5) is 17.2. The van der Waals surface area contributed by atoms with E-state index in [0.717, 1.165) is 18.8 Å². The summed E-state index contributed by atoms with van der Waals surface area (Å²) in [5, 5.41) is 13.9. The molecule has 2 rings (SSSR count). The Morgan fingerprint density at radius 3 is 2.57 bits per heavy atom. The SMILES string of the molecule is CCC1CCC(N(C)c2cc([N+](=O)[O-])cc(NC)n2)CC1. The maximum Gasteiger partial charge on any atom is 0.276 e. The van der Waals surface area contributed by atoms with Gasteiger partial charge in [-0.25, -0.2) is 4.98 Å². The van der Waals surface area contributed by atoms with E-state index in [4.69, 9.17) is 0 Å². The van der Waals surface area contributed by atoms with Gasteiger partial charge in [0.2, 0.25) is 0 Å². The third kappa shape index (κ3) is 3.62. The van der Waals surface area contributed by atoms with Crippen LogP contribution in [0.1, 0.15) is 39.0 Å². The molecule has 1 fully saturated rings. The average molecular weight is 292 g/mol. The fourth-order valence-electron chi connectivity index (χ4n) is 3.04.